The highest BCUT2D eigenvalue weighted by molar-refractivity contribution is 7.94. The van der Waals surface area contributed by atoms with E-state index >= 15 is 0 Å². The molecule has 1 aromatic carbocycles. The SMILES string of the molecule is CNCCc1ccc(S(=O)(=O)Nc2ccc(Cl)c(F)c2)s1. The van der Waals surface area contributed by atoms with E-state index in [2.05, 4.69) is 10.0 Å². The molecule has 0 radical (unpaired) electrons. The number of sulfonamides is 1. The summed E-state index contributed by atoms with van der Waals surface area (Å²) in [6.45, 7) is 0.774. The Labute approximate surface area is 132 Å². The Balaban J connectivity index is 2.17. The second-order valence-corrected chi connectivity index (χ2v) is 7.79. The number of anilines is 1. The van der Waals surface area contributed by atoms with Gasteiger partial charge in [-0.25, -0.2) is 12.8 Å². The average molecular weight is 349 g/mol. The molecule has 0 aliphatic rings. The van der Waals surface area contributed by atoms with Crippen LogP contribution in [0.3, 0.4) is 0 Å². The first-order valence-electron chi connectivity index (χ1n) is 6.13. The van der Waals surface area contributed by atoms with E-state index in [4.69, 9.17) is 11.6 Å². The van der Waals surface area contributed by atoms with E-state index in [0.717, 1.165) is 23.9 Å². The largest absolute Gasteiger partial charge is 0.319 e. The van der Waals surface area contributed by atoms with Crippen LogP contribution in [0.25, 0.3) is 0 Å². The first-order chi connectivity index (χ1) is 9.92. The first-order valence-corrected chi connectivity index (χ1v) is 8.81. The quantitative estimate of drug-likeness (QED) is 0.843. The molecule has 1 heterocycles. The predicted octanol–water partition coefficient (Wildman–Crippen LogP) is 3.10. The van der Waals surface area contributed by atoms with Crippen molar-refractivity contribution >= 4 is 38.6 Å². The number of rotatable bonds is 6. The number of nitrogens with one attached hydrogen (secondary N) is 2. The molecule has 114 valence electrons. The molecule has 0 aliphatic heterocycles. The van der Waals surface area contributed by atoms with E-state index in [1.807, 2.05) is 7.05 Å². The summed E-state index contributed by atoms with van der Waals surface area (Å²) in [6, 6.07) is 7.10. The predicted molar refractivity (Wildman–Crippen MR) is 84.2 cm³/mol. The molecule has 0 spiro atoms. The van der Waals surface area contributed by atoms with Gasteiger partial charge in [0.05, 0.1) is 10.7 Å². The summed E-state index contributed by atoms with van der Waals surface area (Å²) >= 11 is 6.76. The molecule has 21 heavy (non-hydrogen) atoms. The van der Waals surface area contributed by atoms with Gasteiger partial charge in [0.1, 0.15) is 10.0 Å². The van der Waals surface area contributed by atoms with Crippen molar-refractivity contribution in [1.29, 1.82) is 0 Å². The van der Waals surface area contributed by atoms with Gasteiger partial charge in [0.2, 0.25) is 0 Å². The minimum absolute atomic E-state index is 0.0524. The Kier molecular flexibility index (Phi) is 5.21. The minimum Gasteiger partial charge on any atom is -0.319 e. The Bertz CT molecular complexity index is 732. The zero-order chi connectivity index (χ0) is 15.5. The van der Waals surface area contributed by atoms with Crippen LogP contribution in [-0.4, -0.2) is 22.0 Å². The van der Waals surface area contributed by atoms with Crippen LogP contribution in [0.15, 0.2) is 34.5 Å². The molecule has 8 heteroatoms. The number of thiophene rings is 1. The molecular weight excluding hydrogens is 335 g/mol. The molecule has 0 unspecified atom stereocenters. The fourth-order valence-corrected chi connectivity index (χ4v) is 4.17. The Morgan fingerprint density at radius 3 is 2.71 bits per heavy atom. The number of benzene rings is 1. The van der Waals surface area contributed by atoms with Crippen LogP contribution in [0.4, 0.5) is 10.1 Å². The van der Waals surface area contributed by atoms with Crippen molar-refractivity contribution < 1.29 is 12.8 Å². The van der Waals surface area contributed by atoms with Crippen LogP contribution >= 0.6 is 22.9 Å². The first kappa shape index (κ1) is 16.2. The van der Waals surface area contributed by atoms with Crippen LogP contribution in [-0.2, 0) is 16.4 Å². The van der Waals surface area contributed by atoms with Gasteiger partial charge in [-0.2, -0.15) is 0 Å². The van der Waals surface area contributed by atoms with Crippen LogP contribution < -0.4 is 10.0 Å². The summed E-state index contributed by atoms with van der Waals surface area (Å²) in [5.74, 6) is -0.669. The maximum absolute atomic E-state index is 13.3. The fraction of sp³-hybridized carbons (Fsp3) is 0.231. The average Bonchev–Trinajstić information content (AvgIpc) is 2.90. The summed E-state index contributed by atoms with van der Waals surface area (Å²) in [4.78, 5) is 0.965. The Morgan fingerprint density at radius 1 is 1.29 bits per heavy atom. The molecule has 0 fully saturated rings. The number of halogens is 2. The molecule has 0 atom stereocenters. The van der Waals surface area contributed by atoms with Gasteiger partial charge in [0.15, 0.2) is 0 Å². The van der Waals surface area contributed by atoms with Gasteiger partial charge in [0, 0.05) is 4.88 Å². The molecule has 0 saturated carbocycles. The van der Waals surface area contributed by atoms with Crippen LogP contribution in [0.2, 0.25) is 5.02 Å². The van der Waals surface area contributed by atoms with Crippen molar-refractivity contribution in [3.63, 3.8) is 0 Å². The van der Waals surface area contributed by atoms with Crippen molar-refractivity contribution in [2.75, 3.05) is 18.3 Å². The lowest BCUT2D eigenvalue weighted by Crippen LogP contribution is -2.11. The van der Waals surface area contributed by atoms with Crippen molar-refractivity contribution in [3.05, 3.63) is 46.0 Å². The third kappa shape index (κ3) is 4.16. The van der Waals surface area contributed by atoms with Gasteiger partial charge in [-0.15, -0.1) is 11.3 Å². The number of likely N-dealkylation sites (N-methyl/N-ethyl adjacent to an activating group) is 1. The molecule has 2 aromatic rings. The van der Waals surface area contributed by atoms with Gasteiger partial charge in [-0.1, -0.05) is 11.6 Å². The third-order valence-electron chi connectivity index (χ3n) is 2.70. The summed E-state index contributed by atoms with van der Waals surface area (Å²) in [5.41, 5.74) is 0.141. The van der Waals surface area contributed by atoms with Gasteiger partial charge in [-0.3, -0.25) is 4.72 Å². The fourth-order valence-electron chi connectivity index (χ4n) is 1.65. The zero-order valence-corrected chi connectivity index (χ0v) is 13.6. The normalized spacial score (nSPS) is 11.6. The highest BCUT2D eigenvalue weighted by Gasteiger charge is 2.17. The molecule has 2 rings (SSSR count). The lowest BCUT2D eigenvalue weighted by Gasteiger charge is -2.06. The van der Waals surface area contributed by atoms with Crippen molar-refractivity contribution in [3.8, 4) is 0 Å². The molecule has 0 aliphatic carbocycles. The van der Waals surface area contributed by atoms with Crippen LogP contribution in [0.5, 0.6) is 0 Å². The Morgan fingerprint density at radius 2 is 2.05 bits per heavy atom. The zero-order valence-electron chi connectivity index (χ0n) is 11.2. The van der Waals surface area contributed by atoms with E-state index in [0.29, 0.717) is 0 Å². The standard InChI is InChI=1S/C13H14ClFN2O2S2/c1-16-7-6-10-3-5-13(20-10)21(18,19)17-9-2-4-11(14)12(15)8-9/h2-5,8,16-17H,6-7H2,1H3. The van der Waals surface area contributed by atoms with Crippen molar-refractivity contribution in [2.45, 2.75) is 10.6 Å². The van der Waals surface area contributed by atoms with E-state index in [9.17, 15) is 12.8 Å². The summed E-state index contributed by atoms with van der Waals surface area (Å²) < 4.78 is 40.3. The molecule has 0 bridgehead atoms. The topological polar surface area (TPSA) is 58.2 Å². The van der Waals surface area contributed by atoms with Gasteiger partial charge in [0.25, 0.3) is 10.0 Å². The van der Waals surface area contributed by atoms with Crippen molar-refractivity contribution in [2.24, 2.45) is 0 Å². The minimum atomic E-state index is -3.71. The molecule has 4 nitrogen and oxygen atoms in total. The lowest BCUT2D eigenvalue weighted by atomic mass is 10.3. The van der Waals surface area contributed by atoms with E-state index in [1.165, 1.54) is 23.5 Å². The van der Waals surface area contributed by atoms with Crippen LogP contribution in [0.1, 0.15) is 4.88 Å². The summed E-state index contributed by atoms with van der Waals surface area (Å²) in [6.07, 6.45) is 0.756. The van der Waals surface area contributed by atoms with Gasteiger partial charge < -0.3 is 5.32 Å². The molecule has 2 N–H and O–H groups in total. The van der Waals surface area contributed by atoms with E-state index in [1.54, 1.807) is 12.1 Å². The maximum Gasteiger partial charge on any atom is 0.271 e. The number of hydrogen-bond donors (Lipinski definition) is 2. The van der Waals surface area contributed by atoms with E-state index < -0.39 is 15.8 Å². The molecule has 0 saturated heterocycles. The highest BCUT2D eigenvalue weighted by atomic mass is 35.5. The second-order valence-electron chi connectivity index (χ2n) is 4.31. The van der Waals surface area contributed by atoms with Crippen LogP contribution in [0, 0.1) is 5.82 Å². The summed E-state index contributed by atoms with van der Waals surface area (Å²) in [5, 5.41) is 2.95. The third-order valence-corrected chi connectivity index (χ3v) is 6.02. The monoisotopic (exact) mass is 348 g/mol. The summed E-state index contributed by atoms with van der Waals surface area (Å²) in [7, 11) is -1.87. The van der Waals surface area contributed by atoms with Gasteiger partial charge in [-0.05, 0) is 50.3 Å². The highest BCUT2D eigenvalue weighted by Crippen LogP contribution is 2.25. The van der Waals surface area contributed by atoms with E-state index in [-0.39, 0.29) is 14.9 Å². The smallest absolute Gasteiger partial charge is 0.271 e. The number of hydrogen-bond acceptors (Lipinski definition) is 4. The molecular formula is C13H14ClFN2O2S2. The second kappa shape index (κ2) is 6.74. The van der Waals surface area contributed by atoms with Crippen molar-refractivity contribution in [1.82, 2.24) is 5.32 Å². The molecule has 1 aromatic heterocycles. The van der Waals surface area contributed by atoms with Gasteiger partial charge >= 0.3 is 0 Å². The lowest BCUT2D eigenvalue weighted by molar-refractivity contribution is 0.603. The Hall–Kier alpha value is -1.15. The maximum atomic E-state index is 13.3. The molecule has 0 amide bonds.